The highest BCUT2D eigenvalue weighted by atomic mass is 15.3. The number of rotatable bonds is 3. The lowest BCUT2D eigenvalue weighted by Gasteiger charge is -2.16. The Bertz CT molecular complexity index is 462. The molecule has 18 heavy (non-hydrogen) atoms. The molecule has 0 radical (unpaired) electrons. The van der Waals surface area contributed by atoms with Crippen molar-refractivity contribution < 1.29 is 0 Å². The first-order chi connectivity index (χ1) is 8.65. The minimum atomic E-state index is 0.359. The Kier molecular flexibility index (Phi) is 2.20. The lowest BCUT2D eigenvalue weighted by Crippen LogP contribution is -2.29. The molecule has 5 atom stereocenters. The summed E-state index contributed by atoms with van der Waals surface area (Å²) in [5.74, 6) is 4.88. The number of nitrogens with zero attached hydrogens (tertiary/aromatic N) is 2. The molecule has 0 spiro atoms. The summed E-state index contributed by atoms with van der Waals surface area (Å²) >= 11 is 0. The highest BCUT2D eigenvalue weighted by molar-refractivity contribution is 5.18. The normalized spacial score (nSPS) is 42.1. The van der Waals surface area contributed by atoms with Gasteiger partial charge in [0.25, 0.3) is 0 Å². The van der Waals surface area contributed by atoms with Crippen molar-refractivity contribution in [3.05, 3.63) is 17.5 Å². The van der Waals surface area contributed by atoms with Crippen molar-refractivity contribution in [2.45, 2.75) is 38.6 Å². The topological polar surface area (TPSA) is 43.8 Å². The Hall–Kier alpha value is -0.830. The maximum absolute atomic E-state index is 6.49. The summed E-state index contributed by atoms with van der Waals surface area (Å²) in [5.41, 5.74) is 8.90. The van der Waals surface area contributed by atoms with E-state index in [9.17, 15) is 0 Å². The van der Waals surface area contributed by atoms with Gasteiger partial charge in [0.2, 0.25) is 0 Å². The van der Waals surface area contributed by atoms with Gasteiger partial charge in [-0.15, -0.1) is 0 Å². The van der Waals surface area contributed by atoms with Crippen molar-refractivity contribution in [3.63, 3.8) is 0 Å². The molecular weight excluding hydrogens is 222 g/mol. The van der Waals surface area contributed by atoms with Crippen molar-refractivity contribution in [3.8, 4) is 0 Å². The largest absolute Gasteiger partial charge is 0.327 e. The molecular formula is C15H23N3. The van der Waals surface area contributed by atoms with Crippen molar-refractivity contribution in [1.29, 1.82) is 0 Å². The Morgan fingerprint density at radius 3 is 2.61 bits per heavy atom. The van der Waals surface area contributed by atoms with Crippen molar-refractivity contribution in [2.24, 2.45) is 42.4 Å². The summed E-state index contributed by atoms with van der Waals surface area (Å²) in [7, 11) is 2.03. The summed E-state index contributed by atoms with van der Waals surface area (Å²) in [6.45, 7) is 2.06. The molecule has 3 saturated carbocycles. The second-order valence-corrected chi connectivity index (χ2v) is 6.83. The van der Waals surface area contributed by atoms with Crippen LogP contribution in [0.3, 0.4) is 0 Å². The number of hydrogen-bond donors (Lipinski definition) is 1. The summed E-state index contributed by atoms with van der Waals surface area (Å²) in [6.07, 6.45) is 5.50. The molecule has 0 aliphatic heterocycles. The Morgan fingerprint density at radius 1 is 1.39 bits per heavy atom. The fourth-order valence-corrected chi connectivity index (χ4v) is 5.20. The number of aryl methyl sites for hydroxylation is 2. The van der Waals surface area contributed by atoms with E-state index in [4.69, 9.17) is 5.73 Å². The van der Waals surface area contributed by atoms with Crippen LogP contribution in [0.15, 0.2) is 6.07 Å². The van der Waals surface area contributed by atoms with E-state index in [1.165, 1.54) is 25.0 Å². The Balaban J connectivity index is 1.46. The van der Waals surface area contributed by atoms with Crippen LogP contribution in [0.25, 0.3) is 0 Å². The molecule has 3 aliphatic rings. The van der Waals surface area contributed by atoms with Gasteiger partial charge in [0.05, 0.1) is 5.69 Å². The lowest BCUT2D eigenvalue weighted by molar-refractivity contribution is 0.405. The van der Waals surface area contributed by atoms with E-state index < -0.39 is 0 Å². The highest BCUT2D eigenvalue weighted by Gasteiger charge is 2.66. The second-order valence-electron chi connectivity index (χ2n) is 6.83. The van der Waals surface area contributed by atoms with Crippen molar-refractivity contribution in [2.75, 3.05) is 0 Å². The monoisotopic (exact) mass is 245 g/mol. The van der Waals surface area contributed by atoms with Crippen LogP contribution < -0.4 is 5.73 Å². The molecule has 5 unspecified atom stereocenters. The molecule has 3 nitrogen and oxygen atoms in total. The molecule has 2 bridgehead atoms. The molecule has 1 aromatic rings. The van der Waals surface area contributed by atoms with Crippen molar-refractivity contribution >= 4 is 0 Å². The molecule has 4 rings (SSSR count). The molecule has 2 N–H and O–H groups in total. The predicted molar refractivity (Wildman–Crippen MR) is 70.9 cm³/mol. The van der Waals surface area contributed by atoms with E-state index in [0.29, 0.717) is 6.04 Å². The summed E-state index contributed by atoms with van der Waals surface area (Å²) in [5, 5.41) is 4.42. The number of aromatic nitrogens is 2. The van der Waals surface area contributed by atoms with Crippen LogP contribution >= 0.6 is 0 Å². The first-order valence-electron chi connectivity index (χ1n) is 7.40. The van der Waals surface area contributed by atoms with Crippen LogP contribution in [0, 0.1) is 36.5 Å². The minimum absolute atomic E-state index is 0.359. The Labute approximate surface area is 109 Å². The molecule has 98 valence electrons. The van der Waals surface area contributed by atoms with Gasteiger partial charge in [0.15, 0.2) is 0 Å². The standard InChI is InChI=1S/C15H23N3/c1-8-5-11(18(2)17-8)7-12(16)15-13-9-3-4-10(6-9)14(13)15/h5,9-10,12-15H,3-4,6-7,16H2,1-2H3. The molecule has 1 heterocycles. The predicted octanol–water partition coefficient (Wildman–Crippen LogP) is 1.89. The van der Waals surface area contributed by atoms with Gasteiger partial charge in [-0.1, -0.05) is 0 Å². The number of hydrogen-bond acceptors (Lipinski definition) is 2. The average molecular weight is 245 g/mol. The van der Waals surface area contributed by atoms with Crippen LogP contribution in [0.2, 0.25) is 0 Å². The Morgan fingerprint density at radius 2 is 2.06 bits per heavy atom. The molecule has 3 heteroatoms. The van der Waals surface area contributed by atoms with E-state index in [2.05, 4.69) is 18.1 Å². The molecule has 3 fully saturated rings. The lowest BCUT2D eigenvalue weighted by atomic mass is 9.95. The van der Waals surface area contributed by atoms with E-state index >= 15 is 0 Å². The number of fused-ring (bicyclic) bond motifs is 5. The van der Waals surface area contributed by atoms with Gasteiger partial charge in [-0.25, -0.2) is 0 Å². The van der Waals surface area contributed by atoms with Gasteiger partial charge in [-0.05, 0) is 61.8 Å². The van der Waals surface area contributed by atoms with Crippen LogP contribution in [-0.2, 0) is 13.5 Å². The zero-order valence-electron chi connectivity index (χ0n) is 11.3. The highest BCUT2D eigenvalue weighted by Crippen LogP contribution is 2.70. The van der Waals surface area contributed by atoms with Crippen LogP contribution in [0.1, 0.15) is 30.7 Å². The second kappa shape index (κ2) is 3.60. The van der Waals surface area contributed by atoms with Gasteiger partial charge < -0.3 is 5.73 Å². The average Bonchev–Trinajstić information content (AvgIpc) is 2.61. The quantitative estimate of drug-likeness (QED) is 0.884. The minimum Gasteiger partial charge on any atom is -0.327 e. The zero-order chi connectivity index (χ0) is 12.4. The maximum Gasteiger partial charge on any atom is 0.0596 e. The summed E-state index contributed by atoms with van der Waals surface area (Å²) in [4.78, 5) is 0. The third-order valence-corrected chi connectivity index (χ3v) is 5.83. The SMILES string of the molecule is Cc1cc(CC(N)C2C3C4CCC(C4)C23)n(C)n1. The first kappa shape index (κ1) is 11.0. The first-order valence-corrected chi connectivity index (χ1v) is 7.40. The molecule has 0 amide bonds. The van der Waals surface area contributed by atoms with Gasteiger partial charge in [-0.3, -0.25) is 4.68 Å². The smallest absolute Gasteiger partial charge is 0.0596 e. The van der Waals surface area contributed by atoms with Gasteiger partial charge in [-0.2, -0.15) is 5.10 Å². The molecule has 0 aromatic carbocycles. The fourth-order valence-electron chi connectivity index (χ4n) is 5.20. The van der Waals surface area contributed by atoms with Gasteiger partial charge >= 0.3 is 0 Å². The fraction of sp³-hybridized carbons (Fsp3) is 0.800. The number of nitrogens with two attached hydrogens (primary N) is 1. The summed E-state index contributed by atoms with van der Waals surface area (Å²) < 4.78 is 2.00. The van der Waals surface area contributed by atoms with Crippen LogP contribution in [0.5, 0.6) is 0 Å². The third kappa shape index (κ3) is 1.43. The maximum atomic E-state index is 6.49. The van der Waals surface area contributed by atoms with Crippen LogP contribution in [-0.4, -0.2) is 15.8 Å². The molecule has 3 aliphatic carbocycles. The van der Waals surface area contributed by atoms with E-state index in [1.807, 2.05) is 11.7 Å². The van der Waals surface area contributed by atoms with E-state index in [-0.39, 0.29) is 0 Å². The summed E-state index contributed by atoms with van der Waals surface area (Å²) in [6, 6.07) is 2.55. The van der Waals surface area contributed by atoms with E-state index in [0.717, 1.165) is 41.7 Å². The third-order valence-electron chi connectivity index (χ3n) is 5.83. The van der Waals surface area contributed by atoms with E-state index in [1.54, 1.807) is 0 Å². The van der Waals surface area contributed by atoms with Gasteiger partial charge in [0.1, 0.15) is 0 Å². The zero-order valence-corrected chi connectivity index (χ0v) is 11.3. The van der Waals surface area contributed by atoms with Gasteiger partial charge in [0, 0.05) is 25.2 Å². The molecule has 1 aromatic heterocycles. The van der Waals surface area contributed by atoms with Crippen LogP contribution in [0.4, 0.5) is 0 Å². The molecule has 0 saturated heterocycles. The van der Waals surface area contributed by atoms with Crippen molar-refractivity contribution in [1.82, 2.24) is 9.78 Å².